The highest BCUT2D eigenvalue weighted by atomic mass is 19.1. The Morgan fingerprint density at radius 3 is 2.85 bits per heavy atom. The largest absolute Gasteiger partial charge is 0.508 e. The zero-order chi connectivity index (χ0) is 14.1. The highest BCUT2D eigenvalue weighted by molar-refractivity contribution is 5.52. The number of nitrogens with zero attached hydrogens (tertiary/aromatic N) is 1. The Labute approximate surface area is 116 Å². The van der Waals surface area contributed by atoms with E-state index >= 15 is 0 Å². The number of rotatable bonds is 2. The Hall–Kier alpha value is -2.54. The van der Waals surface area contributed by atoms with Crippen molar-refractivity contribution >= 4 is 5.69 Å². The molecule has 20 heavy (non-hydrogen) atoms. The highest BCUT2D eigenvalue weighted by Crippen LogP contribution is 2.36. The van der Waals surface area contributed by atoms with E-state index in [2.05, 4.69) is 5.32 Å². The molecule has 1 aliphatic carbocycles. The molecular weight excluding hydrogens is 255 g/mol. The maximum absolute atomic E-state index is 13.9. The number of hydrogen-bond acceptors (Lipinski definition) is 3. The summed E-state index contributed by atoms with van der Waals surface area (Å²) in [6.45, 7) is 0. The minimum Gasteiger partial charge on any atom is -0.508 e. The van der Waals surface area contributed by atoms with Gasteiger partial charge < -0.3 is 10.4 Å². The van der Waals surface area contributed by atoms with Crippen molar-refractivity contribution in [1.29, 1.82) is 5.26 Å². The lowest BCUT2D eigenvalue weighted by Gasteiger charge is -2.16. The smallest absolute Gasteiger partial charge is 0.147 e. The van der Waals surface area contributed by atoms with Crippen LogP contribution in [-0.2, 0) is 6.42 Å². The second-order valence-electron chi connectivity index (χ2n) is 4.93. The molecule has 100 valence electrons. The Bertz CT molecular complexity index is 706. The standard InChI is InChI=1S/C16H13FN2O/c17-14-7-10(9-18)1-5-16(14)19-15-6-2-11-8-12(20)3-4-13(11)15/h1,3-5,7-8,15,19-20H,2,6H2. The van der Waals surface area contributed by atoms with Crippen LogP contribution in [0.2, 0.25) is 0 Å². The lowest BCUT2D eigenvalue weighted by Crippen LogP contribution is -2.08. The van der Waals surface area contributed by atoms with Gasteiger partial charge in [0.15, 0.2) is 0 Å². The molecule has 2 aromatic carbocycles. The van der Waals surface area contributed by atoms with E-state index in [0.717, 1.165) is 24.0 Å². The summed E-state index contributed by atoms with van der Waals surface area (Å²) in [5, 5.41) is 21.4. The fraction of sp³-hybridized carbons (Fsp3) is 0.188. The minimum atomic E-state index is -0.420. The molecule has 2 aromatic rings. The van der Waals surface area contributed by atoms with Crippen molar-refractivity contribution in [2.45, 2.75) is 18.9 Å². The molecule has 4 heteroatoms. The predicted molar refractivity (Wildman–Crippen MR) is 73.9 cm³/mol. The average Bonchev–Trinajstić information content (AvgIpc) is 2.83. The van der Waals surface area contributed by atoms with E-state index in [4.69, 9.17) is 5.26 Å². The topological polar surface area (TPSA) is 56.0 Å². The summed E-state index contributed by atoms with van der Waals surface area (Å²) in [5.41, 5.74) is 2.89. The van der Waals surface area contributed by atoms with E-state index in [1.807, 2.05) is 12.1 Å². The fourth-order valence-electron chi connectivity index (χ4n) is 2.64. The molecule has 0 spiro atoms. The van der Waals surface area contributed by atoms with Crippen LogP contribution in [0.5, 0.6) is 5.75 Å². The zero-order valence-electron chi connectivity index (χ0n) is 10.7. The van der Waals surface area contributed by atoms with Gasteiger partial charge >= 0.3 is 0 Å². The third-order valence-electron chi connectivity index (χ3n) is 3.63. The Morgan fingerprint density at radius 2 is 2.10 bits per heavy atom. The molecule has 3 rings (SSSR count). The fourth-order valence-corrected chi connectivity index (χ4v) is 2.64. The normalized spacial score (nSPS) is 16.5. The van der Waals surface area contributed by atoms with Gasteiger partial charge in [0, 0.05) is 0 Å². The van der Waals surface area contributed by atoms with Crippen molar-refractivity contribution in [2.75, 3.05) is 5.32 Å². The van der Waals surface area contributed by atoms with Gasteiger partial charge in [0.1, 0.15) is 11.6 Å². The first-order valence-electron chi connectivity index (χ1n) is 6.45. The molecule has 0 fully saturated rings. The number of aryl methyl sites for hydroxylation is 1. The number of nitriles is 1. The number of anilines is 1. The molecule has 0 saturated heterocycles. The third kappa shape index (κ3) is 2.19. The van der Waals surface area contributed by atoms with Crippen LogP contribution in [0.15, 0.2) is 36.4 Å². The highest BCUT2D eigenvalue weighted by Gasteiger charge is 2.23. The average molecular weight is 268 g/mol. The number of nitrogens with one attached hydrogen (secondary N) is 1. The predicted octanol–water partition coefficient (Wildman–Crippen LogP) is 3.50. The molecule has 0 radical (unpaired) electrons. The van der Waals surface area contributed by atoms with Gasteiger partial charge in [0.25, 0.3) is 0 Å². The van der Waals surface area contributed by atoms with Crippen LogP contribution in [-0.4, -0.2) is 5.11 Å². The maximum Gasteiger partial charge on any atom is 0.147 e. The van der Waals surface area contributed by atoms with Gasteiger partial charge in [-0.25, -0.2) is 4.39 Å². The first-order valence-corrected chi connectivity index (χ1v) is 6.45. The number of phenolic OH excluding ortho intramolecular Hbond substituents is 1. The molecule has 0 aliphatic heterocycles. The van der Waals surface area contributed by atoms with Gasteiger partial charge in [0.2, 0.25) is 0 Å². The third-order valence-corrected chi connectivity index (χ3v) is 3.63. The van der Waals surface area contributed by atoms with E-state index in [0.29, 0.717) is 11.3 Å². The van der Waals surface area contributed by atoms with Crippen molar-refractivity contribution < 1.29 is 9.50 Å². The number of benzene rings is 2. The molecule has 3 nitrogen and oxygen atoms in total. The van der Waals surface area contributed by atoms with Crippen LogP contribution in [0.25, 0.3) is 0 Å². The first kappa shape index (κ1) is 12.5. The Balaban J connectivity index is 1.86. The summed E-state index contributed by atoms with van der Waals surface area (Å²) in [5.74, 6) is -0.162. The van der Waals surface area contributed by atoms with Gasteiger partial charge in [0.05, 0.1) is 23.4 Å². The van der Waals surface area contributed by atoms with Crippen molar-refractivity contribution in [2.24, 2.45) is 0 Å². The lowest BCUT2D eigenvalue weighted by molar-refractivity contribution is 0.474. The zero-order valence-corrected chi connectivity index (χ0v) is 10.7. The Kier molecular flexibility index (Phi) is 3.03. The van der Waals surface area contributed by atoms with Crippen LogP contribution < -0.4 is 5.32 Å². The van der Waals surface area contributed by atoms with Crippen LogP contribution >= 0.6 is 0 Å². The molecule has 1 aliphatic rings. The van der Waals surface area contributed by atoms with Crippen molar-refractivity contribution in [3.05, 3.63) is 58.9 Å². The molecule has 0 amide bonds. The maximum atomic E-state index is 13.9. The SMILES string of the molecule is N#Cc1ccc(NC2CCc3cc(O)ccc32)c(F)c1. The van der Waals surface area contributed by atoms with E-state index in [1.54, 1.807) is 24.3 Å². The minimum absolute atomic E-state index is 0.0352. The number of phenols is 1. The molecule has 0 saturated carbocycles. The van der Waals surface area contributed by atoms with Crippen molar-refractivity contribution in [1.82, 2.24) is 0 Å². The molecular formula is C16H13FN2O. The first-order chi connectivity index (χ1) is 9.67. The summed E-state index contributed by atoms with van der Waals surface area (Å²) < 4.78 is 13.9. The summed E-state index contributed by atoms with van der Waals surface area (Å²) >= 11 is 0. The molecule has 1 unspecified atom stereocenters. The quantitative estimate of drug-likeness (QED) is 0.876. The van der Waals surface area contributed by atoms with E-state index in [9.17, 15) is 9.50 Å². The molecule has 0 heterocycles. The van der Waals surface area contributed by atoms with Gasteiger partial charge in [-0.2, -0.15) is 5.26 Å². The number of aromatic hydroxyl groups is 1. The summed E-state index contributed by atoms with van der Waals surface area (Å²) in [7, 11) is 0. The van der Waals surface area contributed by atoms with E-state index in [1.165, 1.54) is 6.07 Å². The van der Waals surface area contributed by atoms with Gasteiger partial charge in [-0.3, -0.25) is 0 Å². The molecule has 0 aromatic heterocycles. The molecule has 0 bridgehead atoms. The Morgan fingerprint density at radius 1 is 1.25 bits per heavy atom. The number of fused-ring (bicyclic) bond motifs is 1. The number of halogens is 1. The summed E-state index contributed by atoms with van der Waals surface area (Å²) in [6.07, 6.45) is 1.72. The van der Waals surface area contributed by atoms with Gasteiger partial charge in [-0.05, 0) is 54.3 Å². The second kappa shape index (κ2) is 4.86. The van der Waals surface area contributed by atoms with Crippen molar-refractivity contribution in [3.8, 4) is 11.8 Å². The second-order valence-corrected chi connectivity index (χ2v) is 4.93. The van der Waals surface area contributed by atoms with E-state index < -0.39 is 5.82 Å². The van der Waals surface area contributed by atoms with Gasteiger partial charge in [-0.1, -0.05) is 6.07 Å². The van der Waals surface area contributed by atoms with Crippen LogP contribution in [0.3, 0.4) is 0 Å². The van der Waals surface area contributed by atoms with E-state index in [-0.39, 0.29) is 11.8 Å². The van der Waals surface area contributed by atoms with Crippen molar-refractivity contribution in [3.63, 3.8) is 0 Å². The lowest BCUT2D eigenvalue weighted by atomic mass is 10.1. The monoisotopic (exact) mass is 268 g/mol. The summed E-state index contributed by atoms with van der Waals surface area (Å²) in [4.78, 5) is 0. The van der Waals surface area contributed by atoms with Crippen LogP contribution in [0, 0.1) is 17.1 Å². The number of hydrogen-bond donors (Lipinski definition) is 2. The van der Waals surface area contributed by atoms with Gasteiger partial charge in [-0.15, -0.1) is 0 Å². The van der Waals surface area contributed by atoms with Crippen LogP contribution in [0.1, 0.15) is 29.2 Å². The summed E-state index contributed by atoms with van der Waals surface area (Å²) in [6, 6.07) is 11.6. The molecule has 1 atom stereocenters. The van der Waals surface area contributed by atoms with Crippen LogP contribution in [0.4, 0.5) is 10.1 Å². The molecule has 2 N–H and O–H groups in total.